The fourth-order valence-electron chi connectivity index (χ4n) is 7.68. The van der Waals surface area contributed by atoms with Crippen LogP contribution in [0.25, 0.3) is 0 Å². The van der Waals surface area contributed by atoms with Gasteiger partial charge in [-0.15, -0.1) is 0 Å². The van der Waals surface area contributed by atoms with Gasteiger partial charge in [-0.05, 0) is 81.4 Å². The third-order valence-electron chi connectivity index (χ3n) is 10.5. The Hall–Kier alpha value is -2.98. The molecule has 11 heteroatoms. The van der Waals surface area contributed by atoms with E-state index in [1.165, 1.54) is 0 Å². The highest BCUT2D eigenvalue weighted by molar-refractivity contribution is 6.31. The first-order valence-corrected chi connectivity index (χ1v) is 15.7. The smallest absolute Gasteiger partial charge is 0.310 e. The molecule has 42 heavy (non-hydrogen) atoms. The highest BCUT2D eigenvalue weighted by Crippen LogP contribution is 2.54. The topological polar surface area (TPSA) is 142 Å². The third-order valence-corrected chi connectivity index (χ3v) is 10.9. The van der Waals surface area contributed by atoms with Crippen molar-refractivity contribution < 1.29 is 24.2 Å². The van der Waals surface area contributed by atoms with Gasteiger partial charge in [0.15, 0.2) is 0 Å². The van der Waals surface area contributed by atoms with Crippen LogP contribution < -0.4 is 16.3 Å². The molecule has 3 heterocycles. The van der Waals surface area contributed by atoms with E-state index < -0.39 is 23.3 Å². The first-order chi connectivity index (χ1) is 20.0. The van der Waals surface area contributed by atoms with Gasteiger partial charge < -0.3 is 30.4 Å². The number of ether oxygens (including phenoxy) is 1. The van der Waals surface area contributed by atoms with Gasteiger partial charge in [0.25, 0.3) is 0 Å². The Balaban J connectivity index is 1.35. The highest BCUT2D eigenvalue weighted by atomic mass is 35.5. The summed E-state index contributed by atoms with van der Waals surface area (Å²) in [7, 11) is 0. The molecule has 228 valence electrons. The van der Waals surface area contributed by atoms with Crippen LogP contribution >= 0.6 is 11.6 Å². The Kier molecular flexibility index (Phi) is 7.58. The number of fused-ring (bicyclic) bond motifs is 1. The van der Waals surface area contributed by atoms with Gasteiger partial charge in [0.05, 0.1) is 28.8 Å². The van der Waals surface area contributed by atoms with Crippen LogP contribution in [-0.4, -0.2) is 70.5 Å². The molecule has 5 N–H and O–H groups in total. The number of carbonyl (C=O) groups excluding carboxylic acids is 2. The zero-order chi connectivity index (χ0) is 29.8. The number of piperidine rings is 1. The molecular weight excluding hydrogens is 558 g/mol. The number of allylic oxidation sites excluding steroid dienone is 1. The summed E-state index contributed by atoms with van der Waals surface area (Å²) in [5.74, 6) is 5.11. The number of rotatable bonds is 7. The molecule has 0 aromatic heterocycles. The molecule has 4 fully saturated rings. The minimum absolute atomic E-state index is 0.0686. The first kappa shape index (κ1) is 29.1. The minimum atomic E-state index is -1.12. The van der Waals surface area contributed by atoms with E-state index in [0.717, 1.165) is 55.5 Å². The summed E-state index contributed by atoms with van der Waals surface area (Å²) in [6.45, 7) is 3.95. The van der Waals surface area contributed by atoms with Crippen molar-refractivity contribution in [3.8, 4) is 5.75 Å². The second kappa shape index (κ2) is 10.9. The van der Waals surface area contributed by atoms with Crippen LogP contribution in [0.3, 0.4) is 0 Å². The van der Waals surface area contributed by atoms with E-state index in [4.69, 9.17) is 27.9 Å². The summed E-state index contributed by atoms with van der Waals surface area (Å²) in [5, 5.41) is 12.4. The lowest BCUT2D eigenvalue weighted by Gasteiger charge is -2.42. The molecule has 3 atom stereocenters. The molecule has 2 aliphatic carbocycles. The number of amides is 2. The Morgan fingerprint density at radius 1 is 1.14 bits per heavy atom. The van der Waals surface area contributed by atoms with Gasteiger partial charge in [-0.3, -0.25) is 14.4 Å². The van der Waals surface area contributed by atoms with Crippen LogP contribution in [0.1, 0.15) is 81.9 Å². The molecule has 10 nitrogen and oxygen atoms in total. The van der Waals surface area contributed by atoms with E-state index >= 15 is 0 Å². The van der Waals surface area contributed by atoms with Crippen molar-refractivity contribution in [2.45, 2.75) is 77.2 Å². The van der Waals surface area contributed by atoms with Crippen molar-refractivity contribution in [3.63, 3.8) is 0 Å². The number of carboxylic acids is 1. The molecule has 1 aromatic carbocycles. The van der Waals surface area contributed by atoms with Gasteiger partial charge in [-0.2, -0.15) is 0 Å². The summed E-state index contributed by atoms with van der Waals surface area (Å²) in [6.07, 6.45) is 7.65. The van der Waals surface area contributed by atoms with E-state index in [9.17, 15) is 19.5 Å². The SMILES string of the molecule is C[C@]1(C(=O)O)CCC[C@H]1C(=O)N1CCc2c(Cl)ccc(OC/C(N)=C3\CCCCN3N)c2[C@H]1CN1CC2(CC2)CC1=O. The first-order valence-electron chi connectivity index (χ1n) is 15.3. The van der Waals surface area contributed by atoms with Crippen molar-refractivity contribution >= 4 is 29.4 Å². The van der Waals surface area contributed by atoms with Crippen LogP contribution in [0.4, 0.5) is 0 Å². The van der Waals surface area contributed by atoms with Crippen LogP contribution in [0.5, 0.6) is 5.75 Å². The Labute approximate surface area is 251 Å². The molecular formula is C31H42ClN5O5. The molecule has 1 spiro atoms. The van der Waals surface area contributed by atoms with Crippen LogP contribution in [-0.2, 0) is 20.8 Å². The van der Waals surface area contributed by atoms with Crippen LogP contribution in [0.2, 0.25) is 5.02 Å². The molecule has 2 saturated carbocycles. The molecule has 0 radical (unpaired) electrons. The van der Waals surface area contributed by atoms with Crippen molar-refractivity contribution in [2.24, 2.45) is 28.3 Å². The molecule has 2 saturated heterocycles. The Morgan fingerprint density at radius 2 is 1.93 bits per heavy atom. The Bertz CT molecular complexity index is 1330. The molecule has 0 unspecified atom stereocenters. The fourth-order valence-corrected chi connectivity index (χ4v) is 7.94. The zero-order valence-electron chi connectivity index (χ0n) is 24.4. The molecule has 2 amide bonds. The molecule has 5 aliphatic rings. The van der Waals surface area contributed by atoms with E-state index in [-0.39, 0.29) is 23.8 Å². The molecule has 0 bridgehead atoms. The molecule has 6 rings (SSSR count). The van der Waals surface area contributed by atoms with Crippen LogP contribution in [0, 0.1) is 16.7 Å². The van der Waals surface area contributed by atoms with Crippen LogP contribution in [0.15, 0.2) is 23.5 Å². The second-order valence-electron chi connectivity index (χ2n) is 13.3. The lowest BCUT2D eigenvalue weighted by molar-refractivity contribution is -0.157. The number of benzene rings is 1. The number of hydrogen-bond donors (Lipinski definition) is 3. The van der Waals surface area contributed by atoms with Gasteiger partial charge in [0, 0.05) is 43.2 Å². The highest BCUT2D eigenvalue weighted by Gasteiger charge is 2.54. The van der Waals surface area contributed by atoms with E-state index in [1.807, 2.05) is 17.0 Å². The minimum Gasteiger partial charge on any atom is -0.487 e. The predicted molar refractivity (Wildman–Crippen MR) is 157 cm³/mol. The number of carboxylic acid groups (broad SMARTS) is 1. The van der Waals surface area contributed by atoms with Crippen molar-refractivity contribution in [1.82, 2.24) is 14.8 Å². The van der Waals surface area contributed by atoms with E-state index in [0.29, 0.717) is 68.2 Å². The Morgan fingerprint density at radius 3 is 2.62 bits per heavy atom. The average Bonchev–Trinajstić information content (AvgIpc) is 3.47. The largest absolute Gasteiger partial charge is 0.487 e. The number of carbonyl (C=O) groups is 3. The summed E-state index contributed by atoms with van der Waals surface area (Å²) >= 11 is 6.75. The van der Waals surface area contributed by atoms with Crippen molar-refractivity contribution in [2.75, 3.05) is 32.8 Å². The van der Waals surface area contributed by atoms with Gasteiger partial charge in [-0.1, -0.05) is 18.0 Å². The van der Waals surface area contributed by atoms with Gasteiger partial charge >= 0.3 is 5.97 Å². The normalized spacial score (nSPS) is 29.6. The molecule has 3 aliphatic heterocycles. The number of hydrazine groups is 1. The van der Waals surface area contributed by atoms with Gasteiger partial charge in [0.2, 0.25) is 11.8 Å². The van der Waals surface area contributed by atoms with E-state index in [1.54, 1.807) is 16.8 Å². The van der Waals surface area contributed by atoms with Crippen molar-refractivity contribution in [1.29, 1.82) is 0 Å². The molecule has 1 aromatic rings. The number of aliphatic carboxylic acids is 1. The average molecular weight is 600 g/mol. The third kappa shape index (κ3) is 5.10. The summed E-state index contributed by atoms with van der Waals surface area (Å²) in [4.78, 5) is 43.4. The maximum Gasteiger partial charge on any atom is 0.310 e. The number of hydrogen-bond acceptors (Lipinski definition) is 7. The fraction of sp³-hybridized carbons (Fsp3) is 0.645. The standard InChI is InChI=1S/C31H42ClN5O5/c1-30(29(40)41)10-4-5-20(30)28(39)36-14-9-19-21(32)7-8-25(42-17-22(33)23-6-2-3-13-37(23)34)27(19)24(36)16-35-18-31(11-12-31)15-26(35)38/h7-8,20,24H,2-6,9-18,33-34H2,1H3,(H,40,41)/b23-22-/t20-,24+,30-/m0/s1. The summed E-state index contributed by atoms with van der Waals surface area (Å²) in [6, 6.07) is 3.11. The van der Waals surface area contributed by atoms with Gasteiger partial charge in [0.1, 0.15) is 12.4 Å². The zero-order valence-corrected chi connectivity index (χ0v) is 25.1. The van der Waals surface area contributed by atoms with Crippen molar-refractivity contribution in [3.05, 3.63) is 39.7 Å². The van der Waals surface area contributed by atoms with E-state index in [2.05, 4.69) is 0 Å². The predicted octanol–water partition coefficient (Wildman–Crippen LogP) is 3.58. The lowest BCUT2D eigenvalue weighted by atomic mass is 9.78. The number of nitrogens with two attached hydrogens (primary N) is 2. The summed E-state index contributed by atoms with van der Waals surface area (Å²) in [5.41, 5.74) is 8.54. The maximum atomic E-state index is 14.3. The number of halogens is 1. The summed E-state index contributed by atoms with van der Waals surface area (Å²) < 4.78 is 6.37. The number of likely N-dealkylation sites (tertiary alicyclic amines) is 1. The lowest BCUT2D eigenvalue weighted by Crippen LogP contribution is -2.50. The maximum absolute atomic E-state index is 14.3. The quantitative estimate of drug-likeness (QED) is 0.404. The van der Waals surface area contributed by atoms with Gasteiger partial charge in [-0.25, -0.2) is 5.84 Å². The second-order valence-corrected chi connectivity index (χ2v) is 13.7. The number of nitrogens with zero attached hydrogens (tertiary/aromatic N) is 3. The monoisotopic (exact) mass is 599 g/mol.